The fourth-order valence-electron chi connectivity index (χ4n) is 4.72. The molecule has 0 saturated heterocycles. The predicted molar refractivity (Wildman–Crippen MR) is 126 cm³/mol. The fourth-order valence-corrected chi connectivity index (χ4v) is 4.72. The second-order valence-corrected chi connectivity index (χ2v) is 9.30. The van der Waals surface area contributed by atoms with Crippen molar-refractivity contribution < 1.29 is 14.3 Å². The van der Waals surface area contributed by atoms with E-state index in [1.54, 1.807) is 7.11 Å². The zero-order valence-electron chi connectivity index (χ0n) is 19.4. The minimum absolute atomic E-state index is 0.109. The summed E-state index contributed by atoms with van der Waals surface area (Å²) >= 11 is 0. The van der Waals surface area contributed by atoms with E-state index in [0.717, 1.165) is 40.3 Å². The van der Waals surface area contributed by atoms with Crippen LogP contribution in [0.5, 0.6) is 11.5 Å². The molecule has 33 heavy (non-hydrogen) atoms. The number of ether oxygens (including phenoxy) is 2. The van der Waals surface area contributed by atoms with Gasteiger partial charge in [0.05, 0.1) is 13.7 Å². The van der Waals surface area contributed by atoms with Crippen molar-refractivity contribution in [2.24, 2.45) is 5.41 Å². The molecule has 1 N–H and O–H groups in total. The highest BCUT2D eigenvalue weighted by molar-refractivity contribution is 6.00. The van der Waals surface area contributed by atoms with E-state index in [2.05, 4.69) is 19.2 Å². The van der Waals surface area contributed by atoms with Crippen LogP contribution in [0.1, 0.15) is 45.2 Å². The van der Waals surface area contributed by atoms with Crippen molar-refractivity contribution in [3.63, 3.8) is 0 Å². The smallest absolute Gasteiger partial charge is 0.226 e. The standard InChI is InChI=1S/C26H28N4O3/c1-5-33-18-11-9-16(10-12-18)24-28-25-27-20-14-26(2,3)15-21(31)22(20)23(30(25)29-24)17-7-6-8-19(13-17)32-4/h6-13,23H,5,14-15H2,1-4H3,(H,27,28,29). The Hall–Kier alpha value is -3.61. The molecule has 1 unspecified atom stereocenters. The number of benzene rings is 2. The van der Waals surface area contributed by atoms with E-state index >= 15 is 0 Å². The predicted octanol–water partition coefficient (Wildman–Crippen LogP) is 5.01. The van der Waals surface area contributed by atoms with Crippen molar-refractivity contribution in [2.75, 3.05) is 19.0 Å². The number of ketones is 1. The van der Waals surface area contributed by atoms with Gasteiger partial charge in [0.15, 0.2) is 11.6 Å². The summed E-state index contributed by atoms with van der Waals surface area (Å²) in [5, 5.41) is 8.27. The van der Waals surface area contributed by atoms with Gasteiger partial charge in [-0.3, -0.25) is 4.79 Å². The maximum Gasteiger partial charge on any atom is 0.226 e. The lowest BCUT2D eigenvalue weighted by Crippen LogP contribution is -2.36. The summed E-state index contributed by atoms with van der Waals surface area (Å²) in [4.78, 5) is 18.2. The first-order valence-corrected chi connectivity index (χ1v) is 11.3. The number of nitrogens with zero attached hydrogens (tertiary/aromatic N) is 3. The highest BCUT2D eigenvalue weighted by Crippen LogP contribution is 2.46. The molecule has 0 saturated carbocycles. The summed E-state index contributed by atoms with van der Waals surface area (Å²) in [5.41, 5.74) is 3.42. The van der Waals surface area contributed by atoms with Crippen molar-refractivity contribution in [1.82, 2.24) is 14.8 Å². The number of nitrogens with one attached hydrogen (secondary N) is 1. The van der Waals surface area contributed by atoms with E-state index in [-0.39, 0.29) is 17.2 Å². The van der Waals surface area contributed by atoms with E-state index in [0.29, 0.717) is 24.8 Å². The van der Waals surface area contributed by atoms with Gasteiger partial charge in [-0.2, -0.15) is 4.98 Å². The Labute approximate surface area is 193 Å². The Morgan fingerprint density at radius 2 is 1.91 bits per heavy atom. The van der Waals surface area contributed by atoms with Gasteiger partial charge in [0.1, 0.15) is 17.5 Å². The molecular weight excluding hydrogens is 416 g/mol. The first-order chi connectivity index (χ1) is 15.9. The topological polar surface area (TPSA) is 78.3 Å². The van der Waals surface area contributed by atoms with Crippen molar-refractivity contribution in [2.45, 2.75) is 39.7 Å². The maximum absolute atomic E-state index is 13.4. The normalized spacial score (nSPS) is 18.9. The summed E-state index contributed by atoms with van der Waals surface area (Å²) < 4.78 is 12.8. The third-order valence-corrected chi connectivity index (χ3v) is 6.16. The zero-order valence-corrected chi connectivity index (χ0v) is 19.4. The second-order valence-electron chi connectivity index (χ2n) is 9.30. The van der Waals surface area contributed by atoms with Gasteiger partial charge in [0.25, 0.3) is 0 Å². The number of fused-ring (bicyclic) bond motifs is 1. The highest BCUT2D eigenvalue weighted by atomic mass is 16.5. The zero-order chi connectivity index (χ0) is 23.2. The summed E-state index contributed by atoms with van der Waals surface area (Å²) in [7, 11) is 1.64. The van der Waals surface area contributed by atoms with E-state index in [1.807, 2.05) is 60.1 Å². The monoisotopic (exact) mass is 444 g/mol. The number of Topliss-reactive ketones (excluding diaryl/α,β-unsaturated/α-hetero) is 1. The Balaban J connectivity index is 1.62. The lowest BCUT2D eigenvalue weighted by Gasteiger charge is -2.38. The molecule has 170 valence electrons. The van der Waals surface area contributed by atoms with Crippen LogP contribution >= 0.6 is 0 Å². The van der Waals surface area contributed by atoms with Gasteiger partial charge in [0.2, 0.25) is 5.95 Å². The minimum atomic E-state index is -0.362. The van der Waals surface area contributed by atoms with Crippen LogP contribution in [0.15, 0.2) is 59.8 Å². The Morgan fingerprint density at radius 1 is 1.12 bits per heavy atom. The molecule has 2 heterocycles. The average molecular weight is 445 g/mol. The van der Waals surface area contributed by atoms with Crippen LogP contribution in [-0.2, 0) is 4.79 Å². The molecule has 1 aromatic heterocycles. The fraction of sp³-hybridized carbons (Fsp3) is 0.346. The van der Waals surface area contributed by atoms with Gasteiger partial charge in [-0.15, -0.1) is 5.10 Å². The van der Waals surface area contributed by atoms with Gasteiger partial charge < -0.3 is 14.8 Å². The molecule has 1 atom stereocenters. The number of rotatable bonds is 5. The summed E-state index contributed by atoms with van der Waals surface area (Å²) in [6.45, 7) is 6.83. The molecule has 0 bridgehead atoms. The van der Waals surface area contributed by atoms with Crippen molar-refractivity contribution in [3.05, 3.63) is 65.4 Å². The first kappa shape index (κ1) is 21.2. The van der Waals surface area contributed by atoms with Crippen LogP contribution in [0.3, 0.4) is 0 Å². The SMILES string of the molecule is CCOc1ccc(-c2nc3n(n2)C(c2cccc(OC)c2)C2=C(CC(C)(C)CC2=O)N3)cc1. The van der Waals surface area contributed by atoms with Crippen molar-refractivity contribution in [3.8, 4) is 22.9 Å². The minimum Gasteiger partial charge on any atom is -0.497 e. The lowest BCUT2D eigenvalue weighted by atomic mass is 9.73. The molecule has 7 nitrogen and oxygen atoms in total. The molecular formula is C26H28N4O3. The third kappa shape index (κ3) is 3.88. The van der Waals surface area contributed by atoms with Gasteiger partial charge in [-0.1, -0.05) is 26.0 Å². The van der Waals surface area contributed by atoms with Crippen LogP contribution < -0.4 is 14.8 Å². The molecule has 0 amide bonds. The number of methoxy groups -OCH3 is 1. The molecule has 5 rings (SSSR count). The van der Waals surface area contributed by atoms with Gasteiger partial charge in [0, 0.05) is 23.3 Å². The maximum atomic E-state index is 13.4. The number of carbonyl (C=O) groups excluding carboxylic acids is 1. The van der Waals surface area contributed by atoms with Crippen LogP contribution in [0.25, 0.3) is 11.4 Å². The third-order valence-electron chi connectivity index (χ3n) is 6.16. The van der Waals surface area contributed by atoms with Gasteiger partial charge in [-0.25, -0.2) is 4.68 Å². The molecule has 1 aliphatic heterocycles. The first-order valence-electron chi connectivity index (χ1n) is 11.3. The molecule has 3 aromatic rings. The number of carbonyl (C=O) groups is 1. The van der Waals surface area contributed by atoms with Crippen LogP contribution in [-0.4, -0.2) is 34.3 Å². The van der Waals surface area contributed by atoms with Gasteiger partial charge in [-0.05, 0) is 60.7 Å². The number of hydrogen-bond acceptors (Lipinski definition) is 6. The summed E-state index contributed by atoms with van der Waals surface area (Å²) in [6, 6.07) is 15.2. The van der Waals surface area contributed by atoms with Crippen molar-refractivity contribution in [1.29, 1.82) is 0 Å². The number of hydrogen-bond donors (Lipinski definition) is 1. The molecule has 0 spiro atoms. The molecule has 0 radical (unpaired) electrons. The quantitative estimate of drug-likeness (QED) is 0.596. The van der Waals surface area contributed by atoms with Crippen molar-refractivity contribution >= 4 is 11.7 Å². The van der Waals surface area contributed by atoms with E-state index < -0.39 is 0 Å². The average Bonchev–Trinajstić information content (AvgIpc) is 3.21. The molecule has 2 aliphatic rings. The Bertz CT molecular complexity index is 1240. The van der Waals surface area contributed by atoms with Crippen LogP contribution in [0, 0.1) is 5.41 Å². The largest absolute Gasteiger partial charge is 0.497 e. The molecule has 2 aromatic carbocycles. The molecule has 7 heteroatoms. The van der Waals surface area contributed by atoms with Gasteiger partial charge >= 0.3 is 0 Å². The highest BCUT2D eigenvalue weighted by Gasteiger charge is 2.42. The molecule has 1 aliphatic carbocycles. The Kier molecular flexibility index (Phi) is 5.19. The summed E-state index contributed by atoms with van der Waals surface area (Å²) in [6.07, 6.45) is 1.28. The second kappa shape index (κ2) is 8.06. The number of anilines is 1. The van der Waals surface area contributed by atoms with Crippen LogP contribution in [0.2, 0.25) is 0 Å². The van der Waals surface area contributed by atoms with E-state index in [4.69, 9.17) is 19.6 Å². The van der Waals surface area contributed by atoms with E-state index in [9.17, 15) is 4.79 Å². The summed E-state index contributed by atoms with van der Waals surface area (Å²) in [5.74, 6) is 2.93. The van der Waals surface area contributed by atoms with E-state index in [1.165, 1.54) is 0 Å². The Morgan fingerprint density at radius 3 is 2.64 bits per heavy atom. The number of aromatic nitrogens is 3. The molecule has 0 fully saturated rings. The number of allylic oxidation sites excluding steroid dienone is 2. The lowest BCUT2D eigenvalue weighted by molar-refractivity contribution is -0.118. The van der Waals surface area contributed by atoms with Crippen LogP contribution in [0.4, 0.5) is 5.95 Å².